The van der Waals surface area contributed by atoms with Gasteiger partial charge in [0, 0.05) is 25.7 Å². The highest BCUT2D eigenvalue weighted by molar-refractivity contribution is 6.04. The second-order valence-electron chi connectivity index (χ2n) is 8.24. The van der Waals surface area contributed by atoms with Gasteiger partial charge in [0.2, 0.25) is 11.7 Å². The van der Waals surface area contributed by atoms with Crippen molar-refractivity contribution in [2.75, 3.05) is 36.3 Å². The van der Waals surface area contributed by atoms with Gasteiger partial charge in [0.05, 0.1) is 13.3 Å². The summed E-state index contributed by atoms with van der Waals surface area (Å²) >= 11 is 0. The summed E-state index contributed by atoms with van der Waals surface area (Å²) in [6, 6.07) is 5.31. The Hall–Kier alpha value is -3.36. The van der Waals surface area contributed by atoms with E-state index in [1.165, 1.54) is 12.8 Å². The zero-order chi connectivity index (χ0) is 22.8. The van der Waals surface area contributed by atoms with Gasteiger partial charge in [0.25, 0.3) is 5.91 Å². The molecule has 32 heavy (non-hydrogen) atoms. The maximum Gasteiger partial charge on any atom is 0.396 e. The van der Waals surface area contributed by atoms with Crippen LogP contribution in [0.2, 0.25) is 0 Å². The number of nitrogens with one attached hydrogen (secondary N) is 3. The van der Waals surface area contributed by atoms with Crippen molar-refractivity contribution in [2.45, 2.75) is 51.1 Å². The highest BCUT2D eigenvalue weighted by atomic mass is 16.5. The quantitative estimate of drug-likeness (QED) is 0.717. The van der Waals surface area contributed by atoms with Gasteiger partial charge in [0.1, 0.15) is 17.4 Å². The monoisotopic (exact) mass is 439 g/mol. The van der Waals surface area contributed by atoms with Crippen LogP contribution >= 0.6 is 0 Å². The maximum atomic E-state index is 13.0. The largest absolute Gasteiger partial charge is 0.493 e. The van der Waals surface area contributed by atoms with Gasteiger partial charge < -0.3 is 19.9 Å². The lowest BCUT2D eigenvalue weighted by Crippen LogP contribution is -2.56. The minimum atomic E-state index is -0.209. The third kappa shape index (κ3) is 3.83. The molecule has 3 N–H and O–H groups in total. The van der Waals surface area contributed by atoms with Crippen LogP contribution in [-0.4, -0.2) is 50.1 Å². The summed E-state index contributed by atoms with van der Waals surface area (Å²) in [5.41, 5.74) is 1.97. The number of methoxy groups -OCH3 is 1. The second kappa shape index (κ2) is 9.02. The molecule has 0 unspecified atom stereocenters. The van der Waals surface area contributed by atoms with Crippen LogP contribution in [0.4, 0.5) is 23.1 Å². The van der Waals surface area contributed by atoms with Crippen LogP contribution in [-0.2, 0) is 4.79 Å². The molecule has 2 aromatic rings. The highest BCUT2D eigenvalue weighted by Gasteiger charge is 2.43. The third-order valence-corrected chi connectivity index (χ3v) is 6.40. The molecule has 1 atom stereocenters. The van der Waals surface area contributed by atoms with Crippen molar-refractivity contribution in [2.24, 2.45) is 0 Å². The first-order valence-corrected chi connectivity index (χ1v) is 11.1. The van der Waals surface area contributed by atoms with E-state index in [2.05, 4.69) is 27.4 Å². The number of aromatic nitrogens is 2. The molecule has 1 aromatic carbocycles. The molecule has 4 rings (SSSR count). The first-order valence-electron chi connectivity index (χ1n) is 11.1. The van der Waals surface area contributed by atoms with E-state index in [4.69, 9.17) is 9.72 Å². The number of carbonyl (C=O) groups is 2. The smallest absolute Gasteiger partial charge is 0.396 e. The Morgan fingerprint density at radius 2 is 2.06 bits per heavy atom. The van der Waals surface area contributed by atoms with E-state index < -0.39 is 0 Å². The van der Waals surface area contributed by atoms with Gasteiger partial charge in [-0.15, -0.1) is 0 Å². The molecule has 2 aliphatic rings. The van der Waals surface area contributed by atoms with Gasteiger partial charge in [0.15, 0.2) is 5.75 Å². The van der Waals surface area contributed by atoms with Crippen LogP contribution in [0.15, 0.2) is 24.4 Å². The van der Waals surface area contributed by atoms with E-state index in [-0.39, 0.29) is 17.9 Å². The molecule has 9 heteroatoms. The van der Waals surface area contributed by atoms with Crippen molar-refractivity contribution >= 4 is 35.0 Å². The van der Waals surface area contributed by atoms with Crippen molar-refractivity contribution < 1.29 is 19.3 Å². The van der Waals surface area contributed by atoms with Crippen LogP contribution in [0.3, 0.4) is 0 Å². The molecule has 0 bridgehead atoms. The van der Waals surface area contributed by atoms with E-state index in [9.17, 15) is 9.59 Å². The minimum absolute atomic E-state index is 0.106. The van der Waals surface area contributed by atoms with Crippen molar-refractivity contribution in [3.05, 3.63) is 30.0 Å². The molecule has 2 amide bonds. The van der Waals surface area contributed by atoms with Gasteiger partial charge in [-0.3, -0.25) is 9.59 Å². The normalized spacial score (nSPS) is 18.5. The fourth-order valence-corrected chi connectivity index (χ4v) is 4.70. The highest BCUT2D eigenvalue weighted by Crippen LogP contribution is 2.39. The standard InChI is InChI=1S/C23H30N6O3/c1-5-17-22(31)28(3)18-13-25-23(27-20(18)29(17)15-8-6-7-9-15)26-16-11-10-14(21(30)24-2)12-19(16)32-4/h10-13,15,17H,5-9H2,1-4H3,(H,24,30)(H,25,26,27)/p+1/t17-/m1/s1. The molecule has 1 aliphatic carbocycles. The second-order valence-corrected chi connectivity index (χ2v) is 8.24. The Bertz CT molecular complexity index is 1020. The first kappa shape index (κ1) is 21.9. The summed E-state index contributed by atoms with van der Waals surface area (Å²) in [5, 5.41) is 5.89. The molecule has 0 saturated heterocycles. The fourth-order valence-electron chi connectivity index (χ4n) is 4.70. The number of hydrogen-bond acceptors (Lipinski definition) is 6. The van der Waals surface area contributed by atoms with Crippen LogP contribution in [0, 0.1) is 0 Å². The number of anilines is 4. The molecule has 1 aliphatic heterocycles. The van der Waals surface area contributed by atoms with Crippen LogP contribution in [0.25, 0.3) is 0 Å². The Kier molecular flexibility index (Phi) is 6.16. The van der Waals surface area contributed by atoms with Gasteiger partial charge in [-0.05, 0) is 37.5 Å². The Morgan fingerprint density at radius 1 is 1.31 bits per heavy atom. The van der Waals surface area contributed by atoms with Gasteiger partial charge >= 0.3 is 5.95 Å². The van der Waals surface area contributed by atoms with E-state index >= 15 is 0 Å². The summed E-state index contributed by atoms with van der Waals surface area (Å²) < 4.78 is 5.49. The summed E-state index contributed by atoms with van der Waals surface area (Å²) in [5.74, 6) is 1.81. The molecule has 1 saturated carbocycles. The summed E-state index contributed by atoms with van der Waals surface area (Å²) in [6.07, 6.45) is 7.06. The van der Waals surface area contributed by atoms with Gasteiger partial charge in [-0.1, -0.05) is 24.7 Å². The number of aromatic amines is 1. The molecular weight excluding hydrogens is 408 g/mol. The third-order valence-electron chi connectivity index (χ3n) is 6.40. The number of amides is 2. The number of carbonyl (C=O) groups excluding carboxylic acids is 2. The lowest BCUT2D eigenvalue weighted by atomic mass is 10.0. The summed E-state index contributed by atoms with van der Waals surface area (Å²) in [4.78, 5) is 37.0. The number of likely N-dealkylation sites (N-methyl/N-ethyl adjacent to an activating group) is 1. The van der Waals surface area contributed by atoms with E-state index in [1.807, 2.05) is 6.20 Å². The van der Waals surface area contributed by atoms with E-state index in [0.717, 1.165) is 30.8 Å². The molecule has 0 radical (unpaired) electrons. The average Bonchev–Trinajstić information content (AvgIpc) is 3.35. The lowest BCUT2D eigenvalue weighted by molar-refractivity contribution is -0.363. The summed E-state index contributed by atoms with van der Waals surface area (Å²) in [6.45, 7) is 2.05. The predicted molar refractivity (Wildman–Crippen MR) is 123 cm³/mol. The van der Waals surface area contributed by atoms with E-state index in [1.54, 1.807) is 44.3 Å². The van der Waals surface area contributed by atoms with Gasteiger partial charge in [-0.2, -0.15) is 0 Å². The summed E-state index contributed by atoms with van der Waals surface area (Å²) in [7, 11) is 4.96. The Morgan fingerprint density at radius 3 is 2.72 bits per heavy atom. The number of ether oxygens (including phenoxy) is 1. The minimum Gasteiger partial charge on any atom is -0.493 e. The molecule has 1 aromatic heterocycles. The number of H-pyrrole nitrogens is 1. The lowest BCUT2D eigenvalue weighted by Gasteiger charge is -2.41. The zero-order valence-corrected chi connectivity index (χ0v) is 19.1. The van der Waals surface area contributed by atoms with Crippen molar-refractivity contribution in [1.82, 2.24) is 10.3 Å². The molecule has 9 nitrogen and oxygen atoms in total. The molecule has 1 fully saturated rings. The first-order chi connectivity index (χ1) is 15.5. The zero-order valence-electron chi connectivity index (χ0n) is 19.1. The number of benzene rings is 1. The van der Waals surface area contributed by atoms with Crippen LogP contribution < -0.4 is 30.2 Å². The van der Waals surface area contributed by atoms with Crippen LogP contribution in [0.1, 0.15) is 49.4 Å². The number of rotatable bonds is 6. The maximum absolute atomic E-state index is 13.0. The fraction of sp³-hybridized carbons (Fsp3) is 0.478. The van der Waals surface area contributed by atoms with E-state index in [0.29, 0.717) is 29.0 Å². The molecular formula is C23H31N6O3+. The average molecular weight is 440 g/mol. The number of hydrogen-bond donors (Lipinski definition) is 2. The topological polar surface area (TPSA) is 101 Å². The van der Waals surface area contributed by atoms with Gasteiger partial charge in [-0.25, -0.2) is 10.3 Å². The van der Waals surface area contributed by atoms with Crippen molar-refractivity contribution in [1.29, 1.82) is 0 Å². The molecule has 170 valence electrons. The predicted octanol–water partition coefficient (Wildman–Crippen LogP) is 2.51. The van der Waals surface area contributed by atoms with Crippen molar-refractivity contribution in [3.8, 4) is 5.75 Å². The van der Waals surface area contributed by atoms with Crippen LogP contribution in [0.5, 0.6) is 5.75 Å². The van der Waals surface area contributed by atoms with Crippen molar-refractivity contribution in [3.63, 3.8) is 0 Å². The molecule has 2 heterocycles. The Labute approximate surface area is 188 Å². The Balaban J connectivity index is 1.70. The number of nitrogens with zero attached hydrogens (tertiary/aromatic N) is 3. The number of fused-ring (bicyclic) bond motifs is 1. The molecule has 0 spiro atoms. The SMILES string of the molecule is CC[C@@H]1C(=O)N(C)c2c[nH+]c(Nc3ccc(C(=O)NC)cc3OC)nc2N1C1CCCC1.